The summed E-state index contributed by atoms with van der Waals surface area (Å²) in [4.78, 5) is 9.23. The molecule has 4 N–H and O–H groups in total. The number of rotatable bonds is 2. The second kappa shape index (κ2) is 4.64. The molecule has 1 rings (SSSR count). The van der Waals surface area contributed by atoms with Crippen LogP contribution in [0.25, 0.3) is 0 Å². The van der Waals surface area contributed by atoms with Gasteiger partial charge in [-0.05, 0) is 18.3 Å². The van der Waals surface area contributed by atoms with Crippen LogP contribution >= 0.6 is 12.2 Å². The van der Waals surface area contributed by atoms with Crippen LogP contribution in [0.2, 0.25) is 0 Å². The Morgan fingerprint density at radius 1 is 1.50 bits per heavy atom. The summed E-state index contributed by atoms with van der Waals surface area (Å²) in [5.41, 5.74) is 1.82. The number of anilines is 1. The third kappa shape index (κ3) is 2.97. The normalized spacial score (nSPS) is 11.1. The smallest absolute Gasteiger partial charge is 0.423 e. The molecule has 0 heterocycles. The fourth-order valence-corrected chi connectivity index (χ4v) is 1.30. The van der Waals surface area contributed by atoms with Crippen molar-refractivity contribution in [3.8, 4) is 5.75 Å². The van der Waals surface area contributed by atoms with Gasteiger partial charge >= 0.3 is 6.18 Å². The van der Waals surface area contributed by atoms with Crippen LogP contribution in [0.5, 0.6) is 5.75 Å². The van der Waals surface area contributed by atoms with Gasteiger partial charge in [0.05, 0.1) is 16.7 Å². The number of nitrogens with one attached hydrogen (secondary N) is 1. The van der Waals surface area contributed by atoms with E-state index in [4.69, 9.17) is 5.73 Å². The molecular weight excluding hydrogens is 275 g/mol. The minimum absolute atomic E-state index is 0.368. The molecule has 1 aromatic rings. The number of nitro benzene ring substituents is 1. The summed E-state index contributed by atoms with van der Waals surface area (Å²) in [6.45, 7) is 0. The van der Waals surface area contributed by atoms with E-state index in [1.54, 1.807) is 0 Å². The van der Waals surface area contributed by atoms with Gasteiger partial charge in [-0.1, -0.05) is 0 Å². The molecule has 0 bridgehead atoms. The number of hydrogen-bond acceptors (Lipinski definition) is 4. The van der Waals surface area contributed by atoms with Gasteiger partial charge in [0.15, 0.2) is 5.11 Å². The zero-order valence-electron chi connectivity index (χ0n) is 8.49. The third-order valence-corrected chi connectivity index (χ3v) is 1.98. The molecule has 0 saturated heterocycles. The van der Waals surface area contributed by atoms with Crippen LogP contribution < -0.4 is 11.1 Å². The summed E-state index contributed by atoms with van der Waals surface area (Å²) in [7, 11) is 0. The summed E-state index contributed by atoms with van der Waals surface area (Å²) < 4.78 is 37.7. The molecule has 6 nitrogen and oxygen atoms in total. The summed E-state index contributed by atoms with van der Waals surface area (Å²) in [6, 6.07) is 0.746. The van der Waals surface area contributed by atoms with Crippen molar-refractivity contribution < 1.29 is 23.2 Å². The molecular formula is C8H6F3N3O3S. The lowest BCUT2D eigenvalue weighted by Crippen LogP contribution is -2.19. The maximum Gasteiger partial charge on any atom is 0.423 e. The van der Waals surface area contributed by atoms with Crippen molar-refractivity contribution in [2.45, 2.75) is 6.18 Å². The monoisotopic (exact) mass is 281 g/mol. The van der Waals surface area contributed by atoms with E-state index in [9.17, 15) is 28.4 Å². The number of thiocarbonyl (C=S) groups is 1. The molecule has 0 aliphatic carbocycles. The Morgan fingerprint density at radius 2 is 2.06 bits per heavy atom. The van der Waals surface area contributed by atoms with Crippen molar-refractivity contribution in [3.63, 3.8) is 0 Å². The number of halogens is 3. The summed E-state index contributed by atoms with van der Waals surface area (Å²) in [5.74, 6) is -0.762. The number of phenols is 1. The van der Waals surface area contributed by atoms with Crippen molar-refractivity contribution >= 4 is 28.7 Å². The van der Waals surface area contributed by atoms with Crippen molar-refractivity contribution in [2.24, 2.45) is 5.73 Å². The van der Waals surface area contributed by atoms with Gasteiger partial charge in [-0.3, -0.25) is 10.1 Å². The van der Waals surface area contributed by atoms with Gasteiger partial charge in [0.25, 0.3) is 5.69 Å². The maximum absolute atomic E-state index is 12.6. The van der Waals surface area contributed by atoms with Crippen LogP contribution in [0, 0.1) is 10.1 Å². The molecule has 98 valence electrons. The first kappa shape index (κ1) is 14.0. The molecule has 0 saturated carbocycles. The Labute approximate surface area is 103 Å². The van der Waals surface area contributed by atoms with E-state index < -0.39 is 33.8 Å². The largest absolute Gasteiger partial charge is 0.506 e. The molecule has 10 heteroatoms. The summed E-state index contributed by atoms with van der Waals surface area (Å²) in [6.07, 6.45) is -4.94. The lowest BCUT2D eigenvalue weighted by atomic mass is 10.1. The molecule has 0 aromatic heterocycles. The SMILES string of the molecule is NC(=S)Nc1cc(C(F)(F)F)c([N+](=O)[O-])cc1O. The topological polar surface area (TPSA) is 101 Å². The van der Waals surface area contributed by atoms with Crippen LogP contribution in [0.1, 0.15) is 5.56 Å². The molecule has 18 heavy (non-hydrogen) atoms. The van der Waals surface area contributed by atoms with Crippen molar-refractivity contribution in [2.75, 3.05) is 5.32 Å². The average Bonchev–Trinajstić information content (AvgIpc) is 2.17. The first-order valence-electron chi connectivity index (χ1n) is 4.28. The Bertz CT molecular complexity index is 518. The molecule has 0 unspecified atom stereocenters. The van der Waals surface area contributed by atoms with Crippen LogP contribution in [0.4, 0.5) is 24.5 Å². The molecule has 0 amide bonds. The van der Waals surface area contributed by atoms with Crippen molar-refractivity contribution in [3.05, 3.63) is 27.8 Å². The minimum Gasteiger partial charge on any atom is -0.506 e. The predicted octanol–water partition coefficient (Wildman–Crippen LogP) is 1.97. The number of nitrogens with two attached hydrogens (primary N) is 1. The Balaban J connectivity index is 3.45. The third-order valence-electron chi connectivity index (χ3n) is 1.87. The maximum atomic E-state index is 12.6. The van der Waals surface area contributed by atoms with E-state index in [0.29, 0.717) is 12.1 Å². The molecule has 0 aliphatic rings. The number of phenolic OH excluding ortho intramolecular Hbond substituents is 1. The highest BCUT2D eigenvalue weighted by atomic mass is 32.1. The van der Waals surface area contributed by atoms with Gasteiger partial charge < -0.3 is 16.2 Å². The lowest BCUT2D eigenvalue weighted by molar-refractivity contribution is -0.388. The highest BCUT2D eigenvalue weighted by Crippen LogP contribution is 2.41. The number of alkyl halides is 3. The predicted molar refractivity (Wildman–Crippen MR) is 60.2 cm³/mol. The summed E-state index contributed by atoms with van der Waals surface area (Å²) >= 11 is 4.40. The zero-order chi connectivity index (χ0) is 14.1. The fourth-order valence-electron chi connectivity index (χ4n) is 1.19. The number of benzene rings is 1. The standard InChI is InChI=1S/C8H6F3N3O3S/c9-8(10,11)3-1-4(13-7(12)18)6(15)2-5(3)14(16)17/h1-2,15H,(H3,12,13,18). The second-order valence-electron chi connectivity index (χ2n) is 3.13. The first-order chi connectivity index (χ1) is 8.12. The van der Waals surface area contributed by atoms with E-state index in [0.717, 1.165) is 0 Å². The van der Waals surface area contributed by atoms with Gasteiger partial charge in [0.1, 0.15) is 11.3 Å². The van der Waals surface area contributed by atoms with Gasteiger partial charge in [-0.25, -0.2) is 0 Å². The van der Waals surface area contributed by atoms with E-state index in [-0.39, 0.29) is 5.11 Å². The van der Waals surface area contributed by atoms with Gasteiger partial charge in [-0.15, -0.1) is 0 Å². The first-order valence-corrected chi connectivity index (χ1v) is 4.69. The Hall–Kier alpha value is -2.10. The van der Waals surface area contributed by atoms with E-state index in [1.165, 1.54) is 0 Å². The number of nitrogens with zero attached hydrogens (tertiary/aromatic N) is 1. The highest BCUT2D eigenvalue weighted by molar-refractivity contribution is 7.80. The quantitative estimate of drug-likeness (QED) is 0.331. The molecule has 0 fully saturated rings. The van der Waals surface area contributed by atoms with E-state index >= 15 is 0 Å². The molecule has 1 aromatic carbocycles. The van der Waals surface area contributed by atoms with Crippen LogP contribution in [-0.2, 0) is 6.18 Å². The zero-order valence-corrected chi connectivity index (χ0v) is 9.30. The average molecular weight is 281 g/mol. The van der Waals surface area contributed by atoms with E-state index in [1.807, 2.05) is 0 Å². The van der Waals surface area contributed by atoms with Crippen molar-refractivity contribution in [1.82, 2.24) is 0 Å². The number of nitro groups is 1. The number of aromatic hydroxyl groups is 1. The summed E-state index contributed by atoms with van der Waals surface area (Å²) in [5, 5.41) is 21.5. The van der Waals surface area contributed by atoms with Gasteiger partial charge in [-0.2, -0.15) is 13.2 Å². The van der Waals surface area contributed by atoms with E-state index in [2.05, 4.69) is 17.5 Å². The second-order valence-corrected chi connectivity index (χ2v) is 3.57. The highest BCUT2D eigenvalue weighted by Gasteiger charge is 2.39. The van der Waals surface area contributed by atoms with Gasteiger partial charge in [0.2, 0.25) is 0 Å². The van der Waals surface area contributed by atoms with Crippen molar-refractivity contribution in [1.29, 1.82) is 0 Å². The fraction of sp³-hybridized carbons (Fsp3) is 0.125. The Morgan fingerprint density at radius 3 is 2.44 bits per heavy atom. The lowest BCUT2D eigenvalue weighted by Gasteiger charge is -2.11. The van der Waals surface area contributed by atoms with Crippen LogP contribution in [-0.4, -0.2) is 15.1 Å². The molecule has 0 radical (unpaired) electrons. The van der Waals surface area contributed by atoms with Gasteiger partial charge in [0, 0.05) is 0 Å². The molecule has 0 atom stereocenters. The number of hydrogen-bond donors (Lipinski definition) is 3. The molecule has 0 spiro atoms. The minimum atomic E-state index is -4.94. The molecule has 0 aliphatic heterocycles. The van der Waals surface area contributed by atoms with Crippen LogP contribution in [0.15, 0.2) is 12.1 Å². The Kier molecular flexibility index (Phi) is 3.60. The van der Waals surface area contributed by atoms with Crippen LogP contribution in [0.3, 0.4) is 0 Å².